The van der Waals surface area contributed by atoms with E-state index in [0.29, 0.717) is 0 Å². The first-order valence-corrected chi connectivity index (χ1v) is 7.88. The highest BCUT2D eigenvalue weighted by Gasteiger charge is 2.19. The number of benzene rings is 2. The van der Waals surface area contributed by atoms with Crippen LogP contribution in [0.2, 0.25) is 0 Å². The Kier molecular flexibility index (Phi) is 4.37. The molecule has 1 atom stereocenters. The Morgan fingerprint density at radius 3 is 2.24 bits per heavy atom. The fourth-order valence-electron chi connectivity index (χ4n) is 2.97. The molecule has 1 aliphatic rings. The van der Waals surface area contributed by atoms with Crippen LogP contribution in [0.25, 0.3) is 0 Å². The van der Waals surface area contributed by atoms with Gasteiger partial charge >= 0.3 is 0 Å². The molecular weight excluding hydrogens is 256 g/mol. The van der Waals surface area contributed by atoms with E-state index in [0.717, 1.165) is 12.3 Å². The quantitative estimate of drug-likeness (QED) is 0.641. The van der Waals surface area contributed by atoms with Crippen LogP contribution in [0.5, 0.6) is 0 Å². The predicted octanol–water partition coefficient (Wildman–Crippen LogP) is 4.01. The van der Waals surface area contributed by atoms with Gasteiger partial charge in [0.05, 0.1) is 0 Å². The third-order valence-electron chi connectivity index (χ3n) is 4.68. The molecule has 0 heterocycles. The van der Waals surface area contributed by atoms with Gasteiger partial charge in [0.15, 0.2) is 0 Å². The normalized spacial score (nSPS) is 16.5. The maximum absolute atomic E-state index is 5.77. The van der Waals surface area contributed by atoms with Gasteiger partial charge in [-0.25, -0.2) is 0 Å². The fraction of sp³-hybridized carbons (Fsp3) is 0.368. The topological polar surface area (TPSA) is 38.0 Å². The zero-order valence-corrected chi connectivity index (χ0v) is 12.7. The average molecular weight is 280 g/mol. The lowest BCUT2D eigenvalue weighted by Crippen LogP contribution is -2.29. The van der Waals surface area contributed by atoms with Crippen molar-refractivity contribution in [3.63, 3.8) is 0 Å². The number of hydrogen-bond acceptors (Lipinski definition) is 2. The molecule has 2 aromatic carbocycles. The summed E-state index contributed by atoms with van der Waals surface area (Å²) >= 11 is 0. The molecule has 1 aliphatic carbocycles. The molecule has 1 fully saturated rings. The molecule has 2 aromatic rings. The van der Waals surface area contributed by atoms with Gasteiger partial charge in [-0.3, -0.25) is 11.3 Å². The lowest BCUT2D eigenvalue weighted by molar-refractivity contribution is 0.419. The first kappa shape index (κ1) is 14.3. The van der Waals surface area contributed by atoms with Crippen molar-refractivity contribution in [3.8, 4) is 0 Å². The van der Waals surface area contributed by atoms with Gasteiger partial charge < -0.3 is 0 Å². The zero-order chi connectivity index (χ0) is 14.7. The molecule has 2 nitrogen and oxygen atoms in total. The van der Waals surface area contributed by atoms with Crippen molar-refractivity contribution in [2.45, 2.75) is 44.6 Å². The van der Waals surface area contributed by atoms with E-state index in [4.69, 9.17) is 5.84 Å². The summed E-state index contributed by atoms with van der Waals surface area (Å²) in [5, 5.41) is 0. The number of hydrogen-bond donors (Lipinski definition) is 2. The zero-order valence-electron chi connectivity index (χ0n) is 12.7. The van der Waals surface area contributed by atoms with Crippen LogP contribution in [0.15, 0.2) is 48.5 Å². The summed E-state index contributed by atoms with van der Waals surface area (Å²) in [7, 11) is 0. The molecule has 21 heavy (non-hydrogen) atoms. The van der Waals surface area contributed by atoms with Gasteiger partial charge in [-0.15, -0.1) is 0 Å². The van der Waals surface area contributed by atoms with Crippen LogP contribution in [0.4, 0.5) is 0 Å². The van der Waals surface area contributed by atoms with Gasteiger partial charge in [0, 0.05) is 6.04 Å². The number of rotatable bonds is 5. The second-order valence-electron chi connectivity index (χ2n) is 6.20. The minimum absolute atomic E-state index is 0.170. The Morgan fingerprint density at radius 1 is 1.05 bits per heavy atom. The van der Waals surface area contributed by atoms with E-state index in [-0.39, 0.29) is 6.04 Å². The van der Waals surface area contributed by atoms with Crippen molar-refractivity contribution in [2.24, 2.45) is 5.84 Å². The van der Waals surface area contributed by atoms with E-state index in [1.807, 2.05) is 0 Å². The monoisotopic (exact) mass is 280 g/mol. The van der Waals surface area contributed by atoms with E-state index in [1.54, 1.807) is 0 Å². The van der Waals surface area contributed by atoms with E-state index in [9.17, 15) is 0 Å². The van der Waals surface area contributed by atoms with E-state index < -0.39 is 0 Å². The van der Waals surface area contributed by atoms with Crippen LogP contribution < -0.4 is 11.3 Å². The van der Waals surface area contributed by atoms with Gasteiger partial charge in [-0.05, 0) is 48.8 Å². The highest BCUT2D eigenvalue weighted by Crippen LogP contribution is 2.36. The molecule has 2 heteroatoms. The Hall–Kier alpha value is -1.64. The van der Waals surface area contributed by atoms with Crippen LogP contribution in [0.3, 0.4) is 0 Å². The summed E-state index contributed by atoms with van der Waals surface area (Å²) in [4.78, 5) is 0. The molecule has 0 aliphatic heterocycles. The van der Waals surface area contributed by atoms with Gasteiger partial charge in [-0.1, -0.05) is 60.5 Å². The van der Waals surface area contributed by atoms with Crippen LogP contribution in [-0.4, -0.2) is 0 Å². The van der Waals surface area contributed by atoms with Gasteiger partial charge in [0.2, 0.25) is 0 Å². The number of aryl methyl sites for hydroxylation is 1. The molecule has 1 unspecified atom stereocenters. The summed E-state index contributed by atoms with van der Waals surface area (Å²) in [5.74, 6) is 6.56. The van der Waals surface area contributed by atoms with Crippen molar-refractivity contribution in [1.29, 1.82) is 0 Å². The molecule has 3 rings (SSSR count). The molecule has 0 radical (unpaired) electrons. The third-order valence-corrected chi connectivity index (χ3v) is 4.68. The Balaban J connectivity index is 1.71. The Bertz CT molecular complexity index is 568. The van der Waals surface area contributed by atoms with Crippen molar-refractivity contribution < 1.29 is 0 Å². The van der Waals surface area contributed by atoms with E-state index in [1.165, 1.54) is 41.5 Å². The maximum atomic E-state index is 5.77. The molecule has 110 valence electrons. The lowest BCUT2D eigenvalue weighted by atomic mass is 9.80. The molecule has 1 saturated carbocycles. The number of hydrazine groups is 1. The van der Waals surface area contributed by atoms with E-state index in [2.05, 4.69) is 60.9 Å². The third kappa shape index (κ3) is 3.34. The summed E-state index contributed by atoms with van der Waals surface area (Å²) < 4.78 is 0. The summed E-state index contributed by atoms with van der Waals surface area (Å²) in [6.07, 6.45) is 4.99. The average Bonchev–Trinajstić information content (AvgIpc) is 2.46. The largest absolute Gasteiger partial charge is 0.271 e. The number of nitrogens with two attached hydrogens (primary N) is 1. The minimum Gasteiger partial charge on any atom is -0.271 e. The summed E-state index contributed by atoms with van der Waals surface area (Å²) in [6.45, 7) is 2.11. The molecule has 3 N–H and O–H groups in total. The Morgan fingerprint density at radius 2 is 1.71 bits per heavy atom. The standard InChI is InChI=1S/C19H24N2/c1-14-5-7-15(8-6-14)13-19(21-20)18-11-9-17(10-12-18)16-3-2-4-16/h5-12,16,19,21H,2-4,13,20H2,1H3. The molecule has 0 spiro atoms. The second kappa shape index (κ2) is 6.42. The van der Waals surface area contributed by atoms with Crippen molar-refractivity contribution in [3.05, 3.63) is 70.8 Å². The smallest absolute Gasteiger partial charge is 0.0500 e. The van der Waals surface area contributed by atoms with Gasteiger partial charge in [0.25, 0.3) is 0 Å². The first-order chi connectivity index (χ1) is 10.3. The van der Waals surface area contributed by atoms with Crippen molar-refractivity contribution >= 4 is 0 Å². The minimum atomic E-state index is 0.170. The number of nitrogens with one attached hydrogen (secondary N) is 1. The highest BCUT2D eigenvalue weighted by atomic mass is 15.2. The first-order valence-electron chi connectivity index (χ1n) is 7.88. The van der Waals surface area contributed by atoms with E-state index >= 15 is 0 Å². The maximum Gasteiger partial charge on any atom is 0.0500 e. The van der Waals surface area contributed by atoms with Crippen molar-refractivity contribution in [2.75, 3.05) is 0 Å². The molecule has 0 saturated heterocycles. The van der Waals surface area contributed by atoms with Gasteiger partial charge in [0.1, 0.15) is 0 Å². The molecular formula is C19H24N2. The van der Waals surface area contributed by atoms with Crippen LogP contribution >= 0.6 is 0 Å². The lowest BCUT2D eigenvalue weighted by Gasteiger charge is -2.26. The Labute approximate surface area is 127 Å². The molecule has 0 aromatic heterocycles. The summed E-state index contributed by atoms with van der Waals surface area (Å²) in [5.41, 5.74) is 8.31. The molecule has 0 amide bonds. The SMILES string of the molecule is Cc1ccc(CC(NN)c2ccc(C3CCC3)cc2)cc1. The van der Waals surface area contributed by atoms with Crippen LogP contribution in [0, 0.1) is 6.92 Å². The van der Waals surface area contributed by atoms with Crippen LogP contribution in [-0.2, 0) is 6.42 Å². The van der Waals surface area contributed by atoms with Crippen molar-refractivity contribution in [1.82, 2.24) is 5.43 Å². The van der Waals surface area contributed by atoms with Gasteiger partial charge in [-0.2, -0.15) is 0 Å². The predicted molar refractivity (Wildman–Crippen MR) is 88.0 cm³/mol. The summed E-state index contributed by atoms with van der Waals surface area (Å²) in [6, 6.07) is 17.9. The molecule has 0 bridgehead atoms. The fourth-order valence-corrected chi connectivity index (χ4v) is 2.97. The van der Waals surface area contributed by atoms with Crippen LogP contribution in [0.1, 0.15) is 53.5 Å². The highest BCUT2D eigenvalue weighted by molar-refractivity contribution is 5.30. The second-order valence-corrected chi connectivity index (χ2v) is 6.20.